The number of hydrogen-bond donors (Lipinski definition) is 0. The molecule has 1 atom stereocenters. The summed E-state index contributed by atoms with van der Waals surface area (Å²) in [6.45, 7) is 6.19. The third-order valence-corrected chi connectivity index (χ3v) is 2.98. The van der Waals surface area contributed by atoms with E-state index in [4.69, 9.17) is 0 Å². The minimum atomic E-state index is 0.618. The van der Waals surface area contributed by atoms with Crippen LogP contribution in [-0.4, -0.2) is 0 Å². The van der Waals surface area contributed by atoms with Gasteiger partial charge in [-0.3, -0.25) is 0 Å². The predicted molar refractivity (Wildman–Crippen MR) is 67.0 cm³/mol. The lowest BCUT2D eigenvalue weighted by Crippen LogP contribution is -1.92. The largest absolute Gasteiger partial charge is 0.0616 e. The zero-order valence-corrected chi connectivity index (χ0v) is 9.24. The van der Waals surface area contributed by atoms with Gasteiger partial charge in [0.25, 0.3) is 0 Å². The van der Waals surface area contributed by atoms with E-state index in [9.17, 15) is 0 Å². The van der Waals surface area contributed by atoms with E-state index in [0.29, 0.717) is 5.92 Å². The van der Waals surface area contributed by atoms with Crippen LogP contribution in [0.4, 0.5) is 0 Å². The Morgan fingerprint density at radius 3 is 2.53 bits per heavy atom. The van der Waals surface area contributed by atoms with Gasteiger partial charge in [0, 0.05) is 0 Å². The van der Waals surface area contributed by atoms with E-state index in [1.807, 2.05) is 0 Å². The first-order chi connectivity index (χ1) is 7.31. The fourth-order valence-electron chi connectivity index (χ4n) is 1.99. The normalized spacial score (nSPS) is 12.9. The van der Waals surface area contributed by atoms with Crippen LogP contribution >= 0.6 is 0 Å². The number of hydrogen-bond acceptors (Lipinski definition) is 0. The predicted octanol–water partition coefficient (Wildman–Crippen LogP) is 4.56. The molecule has 1 radical (unpaired) electrons. The van der Waals surface area contributed by atoms with Crippen LogP contribution in [0, 0.1) is 6.92 Å². The van der Waals surface area contributed by atoms with Crippen molar-refractivity contribution in [2.45, 2.75) is 25.7 Å². The summed E-state index contributed by atoms with van der Waals surface area (Å²) in [4.78, 5) is 0. The molecular formula is C15H17. The zero-order valence-electron chi connectivity index (χ0n) is 9.24. The molecule has 0 saturated carbocycles. The average Bonchev–Trinajstić information content (AvgIpc) is 2.29. The summed E-state index contributed by atoms with van der Waals surface area (Å²) in [6, 6.07) is 15.3. The Hall–Kier alpha value is -1.30. The van der Waals surface area contributed by atoms with Crippen molar-refractivity contribution in [1.82, 2.24) is 0 Å². The first-order valence-corrected chi connectivity index (χ1v) is 5.59. The second kappa shape index (κ2) is 4.48. The first-order valence-electron chi connectivity index (χ1n) is 5.59. The van der Waals surface area contributed by atoms with Crippen LogP contribution in [0.3, 0.4) is 0 Å². The summed E-state index contributed by atoms with van der Waals surface area (Å²) >= 11 is 0. The highest BCUT2D eigenvalue weighted by molar-refractivity contribution is 5.83. The number of rotatable bonds is 3. The molecule has 2 aromatic rings. The fourth-order valence-corrected chi connectivity index (χ4v) is 1.99. The van der Waals surface area contributed by atoms with Crippen molar-refractivity contribution in [1.29, 1.82) is 0 Å². The van der Waals surface area contributed by atoms with Crippen molar-refractivity contribution < 1.29 is 0 Å². The molecule has 0 aliphatic rings. The lowest BCUT2D eigenvalue weighted by atomic mass is 9.94. The average molecular weight is 197 g/mol. The Morgan fingerprint density at radius 1 is 1.07 bits per heavy atom. The van der Waals surface area contributed by atoms with Crippen molar-refractivity contribution in [3.8, 4) is 0 Å². The molecule has 0 saturated heterocycles. The molecule has 0 bridgehead atoms. The number of fused-ring (bicyclic) bond motifs is 1. The van der Waals surface area contributed by atoms with Crippen molar-refractivity contribution in [2.75, 3.05) is 0 Å². The second-order valence-corrected chi connectivity index (χ2v) is 4.15. The van der Waals surface area contributed by atoms with Gasteiger partial charge in [-0.2, -0.15) is 0 Å². The van der Waals surface area contributed by atoms with Gasteiger partial charge in [-0.05, 0) is 28.7 Å². The topological polar surface area (TPSA) is 0 Å². The van der Waals surface area contributed by atoms with E-state index in [1.54, 1.807) is 0 Å². The molecule has 0 aliphatic carbocycles. The van der Waals surface area contributed by atoms with Gasteiger partial charge in [-0.15, -0.1) is 0 Å². The molecule has 0 heterocycles. The Bertz CT molecular complexity index is 442. The van der Waals surface area contributed by atoms with Gasteiger partial charge < -0.3 is 0 Å². The molecule has 0 heteroatoms. The summed E-state index contributed by atoms with van der Waals surface area (Å²) in [7, 11) is 0. The Balaban J connectivity index is 2.38. The van der Waals surface area contributed by atoms with Gasteiger partial charge in [0.15, 0.2) is 0 Å². The van der Waals surface area contributed by atoms with Crippen LogP contribution in [0.1, 0.15) is 31.2 Å². The minimum Gasteiger partial charge on any atom is -0.0616 e. The molecule has 0 N–H and O–H groups in total. The van der Waals surface area contributed by atoms with E-state index < -0.39 is 0 Å². The van der Waals surface area contributed by atoms with E-state index in [0.717, 1.165) is 6.42 Å². The molecule has 0 nitrogen and oxygen atoms in total. The highest BCUT2D eigenvalue weighted by atomic mass is 14.1. The van der Waals surface area contributed by atoms with Gasteiger partial charge in [0.2, 0.25) is 0 Å². The molecule has 0 aromatic heterocycles. The molecule has 0 amide bonds. The lowest BCUT2D eigenvalue weighted by Gasteiger charge is -2.11. The molecule has 0 spiro atoms. The maximum absolute atomic E-state index is 3.91. The summed E-state index contributed by atoms with van der Waals surface area (Å²) in [6.07, 6.45) is 2.17. The van der Waals surface area contributed by atoms with Crippen molar-refractivity contribution >= 4 is 10.8 Å². The van der Waals surface area contributed by atoms with Gasteiger partial charge >= 0.3 is 0 Å². The maximum atomic E-state index is 3.91. The summed E-state index contributed by atoms with van der Waals surface area (Å²) in [5, 5.41) is 2.66. The van der Waals surface area contributed by atoms with E-state index in [-0.39, 0.29) is 0 Å². The first kappa shape index (κ1) is 10.2. The van der Waals surface area contributed by atoms with E-state index in [1.165, 1.54) is 22.8 Å². The smallest absolute Gasteiger partial charge is 0.0181 e. The SMILES string of the molecule is [CH2]CCC(C)c1ccc2ccccc2c1. The van der Waals surface area contributed by atoms with Crippen LogP contribution in [0.25, 0.3) is 10.8 Å². The molecule has 2 rings (SSSR count). The van der Waals surface area contributed by atoms with Crippen LogP contribution in [0.2, 0.25) is 0 Å². The van der Waals surface area contributed by atoms with Gasteiger partial charge in [0.1, 0.15) is 0 Å². The summed E-state index contributed by atoms with van der Waals surface area (Å²) < 4.78 is 0. The van der Waals surface area contributed by atoms with Gasteiger partial charge in [-0.25, -0.2) is 0 Å². The highest BCUT2D eigenvalue weighted by Crippen LogP contribution is 2.24. The third kappa shape index (κ3) is 2.20. The van der Waals surface area contributed by atoms with Gasteiger partial charge in [0.05, 0.1) is 0 Å². The summed E-state index contributed by atoms with van der Waals surface area (Å²) in [5.74, 6) is 0.618. The lowest BCUT2D eigenvalue weighted by molar-refractivity contribution is 0.690. The van der Waals surface area contributed by atoms with Crippen LogP contribution in [0.15, 0.2) is 42.5 Å². The summed E-state index contributed by atoms with van der Waals surface area (Å²) in [5.41, 5.74) is 1.43. The third-order valence-electron chi connectivity index (χ3n) is 2.98. The fraction of sp³-hybridized carbons (Fsp3) is 0.267. The zero-order chi connectivity index (χ0) is 10.7. The second-order valence-electron chi connectivity index (χ2n) is 4.15. The van der Waals surface area contributed by atoms with E-state index >= 15 is 0 Å². The Labute approximate surface area is 91.9 Å². The van der Waals surface area contributed by atoms with Crippen LogP contribution in [0.5, 0.6) is 0 Å². The number of benzene rings is 2. The van der Waals surface area contributed by atoms with E-state index in [2.05, 4.69) is 56.3 Å². The maximum Gasteiger partial charge on any atom is -0.0181 e. The van der Waals surface area contributed by atoms with Crippen molar-refractivity contribution in [3.63, 3.8) is 0 Å². The Kier molecular flexibility index (Phi) is 3.05. The van der Waals surface area contributed by atoms with Gasteiger partial charge in [-0.1, -0.05) is 62.7 Å². The molecule has 1 unspecified atom stereocenters. The monoisotopic (exact) mass is 197 g/mol. The molecule has 77 valence electrons. The van der Waals surface area contributed by atoms with Crippen molar-refractivity contribution in [2.24, 2.45) is 0 Å². The Morgan fingerprint density at radius 2 is 1.80 bits per heavy atom. The molecule has 0 aliphatic heterocycles. The minimum absolute atomic E-state index is 0.618. The standard InChI is InChI=1S/C15H17/c1-3-6-12(2)14-10-9-13-7-4-5-8-15(13)11-14/h4-5,7-12H,1,3,6H2,2H3. The molecule has 0 fully saturated rings. The van der Waals surface area contributed by atoms with Crippen LogP contribution in [-0.2, 0) is 0 Å². The molecule has 2 aromatic carbocycles. The van der Waals surface area contributed by atoms with Crippen molar-refractivity contribution in [3.05, 3.63) is 55.0 Å². The molecular weight excluding hydrogens is 180 g/mol. The molecule has 15 heavy (non-hydrogen) atoms. The quantitative estimate of drug-likeness (QED) is 0.676. The van der Waals surface area contributed by atoms with Crippen LogP contribution < -0.4 is 0 Å². The highest BCUT2D eigenvalue weighted by Gasteiger charge is 2.04.